The first-order chi connectivity index (χ1) is 7.17. The second kappa shape index (κ2) is 5.56. The Morgan fingerprint density at radius 2 is 2.13 bits per heavy atom. The lowest BCUT2D eigenvalue weighted by Crippen LogP contribution is -2.03. The van der Waals surface area contributed by atoms with E-state index in [1.165, 1.54) is 0 Å². The second-order valence-corrected chi connectivity index (χ2v) is 3.43. The van der Waals surface area contributed by atoms with E-state index in [1.54, 1.807) is 27.3 Å². The smallest absolute Gasteiger partial charge is 0.213 e. The number of aliphatic hydroxyl groups excluding tert-OH is 1. The second-order valence-electron chi connectivity index (χ2n) is 3.43. The fourth-order valence-corrected chi connectivity index (χ4v) is 1.32. The SMILES string of the molecule is COc1cc(CCC(C)O)c(OC)cn1. The number of aliphatic hydroxyl groups is 1. The summed E-state index contributed by atoms with van der Waals surface area (Å²) in [7, 11) is 3.18. The number of aryl methyl sites for hydroxylation is 1. The Morgan fingerprint density at radius 3 is 2.67 bits per heavy atom. The first kappa shape index (κ1) is 11.8. The van der Waals surface area contributed by atoms with E-state index in [0.717, 1.165) is 17.7 Å². The van der Waals surface area contributed by atoms with Crippen molar-refractivity contribution >= 4 is 0 Å². The van der Waals surface area contributed by atoms with Crippen LogP contribution < -0.4 is 9.47 Å². The minimum absolute atomic E-state index is 0.311. The van der Waals surface area contributed by atoms with Crippen LogP contribution in [0, 0.1) is 0 Å². The summed E-state index contributed by atoms with van der Waals surface area (Å²) in [4.78, 5) is 4.05. The summed E-state index contributed by atoms with van der Waals surface area (Å²) in [6.45, 7) is 1.77. The zero-order valence-corrected chi connectivity index (χ0v) is 9.36. The Hall–Kier alpha value is -1.29. The molecule has 1 heterocycles. The van der Waals surface area contributed by atoms with Crippen molar-refractivity contribution in [3.05, 3.63) is 17.8 Å². The third-order valence-electron chi connectivity index (χ3n) is 2.18. The van der Waals surface area contributed by atoms with Gasteiger partial charge in [-0.25, -0.2) is 4.98 Å². The van der Waals surface area contributed by atoms with Crippen LogP contribution in [-0.2, 0) is 6.42 Å². The minimum Gasteiger partial charge on any atom is -0.495 e. The van der Waals surface area contributed by atoms with Gasteiger partial charge in [0.25, 0.3) is 0 Å². The molecule has 0 aromatic carbocycles. The molecule has 84 valence electrons. The van der Waals surface area contributed by atoms with Crippen molar-refractivity contribution in [2.24, 2.45) is 0 Å². The molecular formula is C11H17NO3. The topological polar surface area (TPSA) is 51.6 Å². The summed E-state index contributed by atoms with van der Waals surface area (Å²) in [6.07, 6.45) is 2.77. The molecule has 0 amide bonds. The molecule has 0 spiro atoms. The van der Waals surface area contributed by atoms with Crippen LogP contribution in [0.2, 0.25) is 0 Å². The van der Waals surface area contributed by atoms with Crippen LogP contribution >= 0.6 is 0 Å². The lowest BCUT2D eigenvalue weighted by atomic mass is 10.1. The molecule has 0 radical (unpaired) electrons. The molecular weight excluding hydrogens is 194 g/mol. The van der Waals surface area contributed by atoms with Crippen molar-refractivity contribution < 1.29 is 14.6 Å². The highest BCUT2D eigenvalue weighted by Crippen LogP contribution is 2.22. The summed E-state index contributed by atoms with van der Waals surface area (Å²) in [5.41, 5.74) is 1.00. The number of methoxy groups -OCH3 is 2. The average Bonchev–Trinajstić information content (AvgIpc) is 2.25. The molecule has 0 aliphatic heterocycles. The van der Waals surface area contributed by atoms with Gasteiger partial charge in [0, 0.05) is 11.6 Å². The lowest BCUT2D eigenvalue weighted by molar-refractivity contribution is 0.184. The van der Waals surface area contributed by atoms with Crippen molar-refractivity contribution in [1.29, 1.82) is 0 Å². The Bertz CT molecular complexity index is 313. The predicted molar refractivity (Wildman–Crippen MR) is 57.3 cm³/mol. The molecule has 1 rings (SSSR count). The average molecular weight is 211 g/mol. The largest absolute Gasteiger partial charge is 0.495 e. The molecule has 0 saturated heterocycles. The van der Waals surface area contributed by atoms with Gasteiger partial charge in [-0.15, -0.1) is 0 Å². The standard InChI is InChI=1S/C11H17NO3/c1-8(13)4-5-9-6-11(15-3)12-7-10(9)14-2/h6-8,13H,4-5H2,1-3H3. The van der Waals surface area contributed by atoms with Gasteiger partial charge in [-0.2, -0.15) is 0 Å². The number of hydrogen-bond donors (Lipinski definition) is 1. The highest BCUT2D eigenvalue weighted by Gasteiger charge is 2.07. The van der Waals surface area contributed by atoms with Crippen LogP contribution in [0.15, 0.2) is 12.3 Å². The maximum Gasteiger partial charge on any atom is 0.213 e. The van der Waals surface area contributed by atoms with Gasteiger partial charge in [0.15, 0.2) is 0 Å². The molecule has 4 heteroatoms. The van der Waals surface area contributed by atoms with Gasteiger partial charge in [0.2, 0.25) is 5.88 Å². The van der Waals surface area contributed by atoms with Gasteiger partial charge in [-0.05, 0) is 19.8 Å². The van der Waals surface area contributed by atoms with Gasteiger partial charge in [0.1, 0.15) is 5.75 Å². The number of rotatable bonds is 5. The summed E-state index contributed by atoms with van der Waals surface area (Å²) >= 11 is 0. The summed E-state index contributed by atoms with van der Waals surface area (Å²) in [5, 5.41) is 9.22. The Kier molecular flexibility index (Phi) is 4.37. The first-order valence-electron chi connectivity index (χ1n) is 4.92. The van der Waals surface area contributed by atoms with E-state index in [9.17, 15) is 5.11 Å². The number of aromatic nitrogens is 1. The Balaban J connectivity index is 2.81. The van der Waals surface area contributed by atoms with E-state index < -0.39 is 0 Å². The summed E-state index contributed by atoms with van der Waals surface area (Å²) in [6, 6.07) is 1.83. The maximum absolute atomic E-state index is 9.22. The maximum atomic E-state index is 9.22. The number of nitrogens with zero attached hydrogens (tertiary/aromatic N) is 1. The normalized spacial score (nSPS) is 12.3. The fraction of sp³-hybridized carbons (Fsp3) is 0.545. The molecule has 1 atom stereocenters. The number of hydrogen-bond acceptors (Lipinski definition) is 4. The zero-order chi connectivity index (χ0) is 11.3. The van der Waals surface area contributed by atoms with Crippen molar-refractivity contribution in [3.8, 4) is 11.6 Å². The van der Waals surface area contributed by atoms with E-state index in [0.29, 0.717) is 12.3 Å². The van der Waals surface area contributed by atoms with Crippen molar-refractivity contribution in [2.75, 3.05) is 14.2 Å². The van der Waals surface area contributed by atoms with Crippen LogP contribution in [0.1, 0.15) is 18.9 Å². The highest BCUT2D eigenvalue weighted by atomic mass is 16.5. The third-order valence-corrected chi connectivity index (χ3v) is 2.18. The monoisotopic (exact) mass is 211 g/mol. The van der Waals surface area contributed by atoms with E-state index in [2.05, 4.69) is 4.98 Å². The lowest BCUT2D eigenvalue weighted by Gasteiger charge is -2.10. The molecule has 1 aromatic heterocycles. The Labute approximate surface area is 89.9 Å². The number of ether oxygens (including phenoxy) is 2. The fourth-order valence-electron chi connectivity index (χ4n) is 1.32. The van der Waals surface area contributed by atoms with Crippen LogP contribution in [0.3, 0.4) is 0 Å². The van der Waals surface area contributed by atoms with Gasteiger partial charge in [-0.3, -0.25) is 0 Å². The van der Waals surface area contributed by atoms with Crippen LogP contribution in [0.5, 0.6) is 11.6 Å². The molecule has 0 aliphatic carbocycles. The minimum atomic E-state index is -0.311. The Morgan fingerprint density at radius 1 is 1.40 bits per heavy atom. The molecule has 1 aromatic rings. The highest BCUT2D eigenvalue weighted by molar-refractivity contribution is 5.34. The van der Waals surface area contributed by atoms with Crippen LogP contribution in [0.4, 0.5) is 0 Å². The van der Waals surface area contributed by atoms with E-state index >= 15 is 0 Å². The predicted octanol–water partition coefficient (Wildman–Crippen LogP) is 1.41. The van der Waals surface area contributed by atoms with Crippen molar-refractivity contribution in [2.45, 2.75) is 25.9 Å². The van der Waals surface area contributed by atoms with Gasteiger partial charge >= 0.3 is 0 Å². The molecule has 1 N–H and O–H groups in total. The number of pyridine rings is 1. The zero-order valence-electron chi connectivity index (χ0n) is 9.36. The molecule has 0 bridgehead atoms. The summed E-state index contributed by atoms with van der Waals surface area (Å²) < 4.78 is 10.2. The van der Waals surface area contributed by atoms with Crippen molar-refractivity contribution in [1.82, 2.24) is 4.98 Å². The van der Waals surface area contributed by atoms with Crippen LogP contribution in [-0.4, -0.2) is 30.4 Å². The molecule has 0 saturated carbocycles. The first-order valence-corrected chi connectivity index (χ1v) is 4.92. The molecule has 0 fully saturated rings. The van der Waals surface area contributed by atoms with Gasteiger partial charge in [-0.1, -0.05) is 0 Å². The quantitative estimate of drug-likeness (QED) is 0.800. The molecule has 4 nitrogen and oxygen atoms in total. The molecule has 0 aliphatic rings. The third kappa shape index (κ3) is 3.40. The van der Waals surface area contributed by atoms with Gasteiger partial charge < -0.3 is 14.6 Å². The van der Waals surface area contributed by atoms with E-state index in [-0.39, 0.29) is 6.10 Å². The van der Waals surface area contributed by atoms with Crippen LogP contribution in [0.25, 0.3) is 0 Å². The molecule has 15 heavy (non-hydrogen) atoms. The summed E-state index contributed by atoms with van der Waals surface area (Å²) in [5.74, 6) is 1.30. The van der Waals surface area contributed by atoms with Gasteiger partial charge in [0.05, 0.1) is 26.5 Å². The molecule has 1 unspecified atom stereocenters. The van der Waals surface area contributed by atoms with E-state index in [4.69, 9.17) is 9.47 Å². The van der Waals surface area contributed by atoms with E-state index in [1.807, 2.05) is 6.07 Å². The van der Waals surface area contributed by atoms with Crippen molar-refractivity contribution in [3.63, 3.8) is 0 Å².